The van der Waals surface area contributed by atoms with Crippen LogP contribution in [0, 0.1) is 6.92 Å². The molecule has 1 fully saturated rings. The van der Waals surface area contributed by atoms with E-state index in [0.29, 0.717) is 17.3 Å². The molecule has 7 nitrogen and oxygen atoms in total. The molecule has 0 atom stereocenters. The molecule has 0 spiro atoms. The number of anilines is 1. The van der Waals surface area contributed by atoms with Crippen molar-refractivity contribution in [1.29, 1.82) is 0 Å². The van der Waals surface area contributed by atoms with Crippen molar-refractivity contribution >= 4 is 11.7 Å². The van der Waals surface area contributed by atoms with E-state index in [1.807, 2.05) is 19.1 Å². The molecule has 1 saturated heterocycles. The molecule has 0 radical (unpaired) electrons. The minimum absolute atomic E-state index is 0.0931. The van der Waals surface area contributed by atoms with Crippen LogP contribution in [-0.2, 0) is 0 Å². The first kappa shape index (κ1) is 19.0. The van der Waals surface area contributed by atoms with Crippen LogP contribution in [0.4, 0.5) is 5.82 Å². The molecule has 4 rings (SSSR count). The fourth-order valence-corrected chi connectivity index (χ4v) is 3.98. The third kappa shape index (κ3) is 3.56. The van der Waals surface area contributed by atoms with E-state index in [4.69, 9.17) is 11.5 Å². The normalized spacial score (nSPS) is 14.8. The molecule has 1 aliphatic rings. The van der Waals surface area contributed by atoms with Crippen LogP contribution in [0.1, 0.15) is 40.2 Å². The second-order valence-electron chi connectivity index (χ2n) is 7.51. The van der Waals surface area contributed by atoms with Gasteiger partial charge in [-0.05, 0) is 62.0 Å². The van der Waals surface area contributed by atoms with Gasteiger partial charge in [-0.1, -0.05) is 24.3 Å². The minimum atomic E-state index is -0.631. The molecular formula is C22H25N5O2. The molecule has 7 heteroatoms. The summed E-state index contributed by atoms with van der Waals surface area (Å²) in [5.41, 5.74) is 16.1. The molecule has 1 aliphatic heterocycles. The minimum Gasteiger partial charge on any atom is -0.508 e. The maximum Gasteiger partial charge on any atom is 0.254 e. The number of nitrogens with one attached hydrogen (secondary N) is 1. The summed E-state index contributed by atoms with van der Waals surface area (Å²) in [6.07, 6.45) is 2.15. The second kappa shape index (κ2) is 7.60. The van der Waals surface area contributed by atoms with Crippen LogP contribution >= 0.6 is 0 Å². The van der Waals surface area contributed by atoms with Gasteiger partial charge >= 0.3 is 0 Å². The van der Waals surface area contributed by atoms with Crippen molar-refractivity contribution in [3.8, 4) is 22.7 Å². The number of amides is 1. The van der Waals surface area contributed by atoms with Gasteiger partial charge in [0.15, 0.2) is 0 Å². The quantitative estimate of drug-likeness (QED) is 0.545. The summed E-state index contributed by atoms with van der Waals surface area (Å²) in [4.78, 5) is 12.2. The zero-order valence-electron chi connectivity index (χ0n) is 16.4. The van der Waals surface area contributed by atoms with Crippen LogP contribution in [0.3, 0.4) is 0 Å². The number of carbonyl (C=O) groups excluding carboxylic acids is 1. The zero-order valence-corrected chi connectivity index (χ0v) is 16.4. The van der Waals surface area contributed by atoms with Crippen molar-refractivity contribution in [3.05, 3.63) is 59.2 Å². The van der Waals surface area contributed by atoms with Crippen molar-refractivity contribution in [1.82, 2.24) is 15.1 Å². The number of aryl methyl sites for hydroxylation is 1. The Bertz CT molecular complexity index is 1070. The molecule has 2 aromatic carbocycles. The number of nitrogen functional groups attached to an aromatic ring is 1. The van der Waals surface area contributed by atoms with Gasteiger partial charge in [-0.3, -0.25) is 4.79 Å². The van der Waals surface area contributed by atoms with Gasteiger partial charge < -0.3 is 21.9 Å². The lowest BCUT2D eigenvalue weighted by atomic mass is 9.89. The van der Waals surface area contributed by atoms with E-state index in [1.165, 1.54) is 10.2 Å². The topological polar surface area (TPSA) is 119 Å². The predicted molar refractivity (Wildman–Crippen MR) is 113 cm³/mol. The van der Waals surface area contributed by atoms with E-state index in [1.54, 1.807) is 18.2 Å². The Kier molecular flexibility index (Phi) is 4.98. The summed E-state index contributed by atoms with van der Waals surface area (Å²) in [6, 6.07) is 13.0. The van der Waals surface area contributed by atoms with Gasteiger partial charge in [0.1, 0.15) is 22.8 Å². The van der Waals surface area contributed by atoms with Crippen LogP contribution in [0.5, 0.6) is 5.75 Å². The van der Waals surface area contributed by atoms with Gasteiger partial charge in [-0.2, -0.15) is 5.10 Å². The smallest absolute Gasteiger partial charge is 0.254 e. The van der Waals surface area contributed by atoms with Crippen molar-refractivity contribution < 1.29 is 9.90 Å². The summed E-state index contributed by atoms with van der Waals surface area (Å²) in [7, 11) is 0. The molecule has 2 heterocycles. The SMILES string of the molecule is Cc1ccc(O)cc1-n1nc(-c2cccc(C3CCNCC3)c2)c(C(N)=O)c1N. The van der Waals surface area contributed by atoms with Gasteiger partial charge in [0.25, 0.3) is 5.91 Å². The van der Waals surface area contributed by atoms with Gasteiger partial charge in [0.2, 0.25) is 0 Å². The summed E-state index contributed by atoms with van der Waals surface area (Å²) >= 11 is 0. The molecule has 150 valence electrons. The van der Waals surface area contributed by atoms with Crippen molar-refractivity contribution in [2.24, 2.45) is 5.73 Å². The number of rotatable bonds is 4. The maximum atomic E-state index is 12.2. The average Bonchev–Trinajstić information content (AvgIpc) is 3.08. The maximum absolute atomic E-state index is 12.2. The Labute approximate surface area is 169 Å². The number of carbonyl (C=O) groups is 1. The van der Waals surface area contributed by atoms with E-state index >= 15 is 0 Å². The fourth-order valence-electron chi connectivity index (χ4n) is 3.98. The lowest BCUT2D eigenvalue weighted by Gasteiger charge is -2.23. The van der Waals surface area contributed by atoms with Crippen molar-refractivity contribution in [3.63, 3.8) is 0 Å². The summed E-state index contributed by atoms with van der Waals surface area (Å²) in [5, 5.41) is 17.9. The summed E-state index contributed by atoms with van der Waals surface area (Å²) in [5.74, 6) is 0.0962. The first-order chi connectivity index (χ1) is 14.0. The number of benzene rings is 2. The highest BCUT2D eigenvalue weighted by molar-refractivity contribution is 6.03. The zero-order chi connectivity index (χ0) is 20.5. The number of primary amides is 1. The van der Waals surface area contributed by atoms with E-state index in [-0.39, 0.29) is 17.1 Å². The third-order valence-corrected chi connectivity index (χ3v) is 5.56. The highest BCUT2D eigenvalue weighted by Crippen LogP contribution is 2.33. The number of nitrogens with zero attached hydrogens (tertiary/aromatic N) is 2. The van der Waals surface area contributed by atoms with Crippen molar-refractivity contribution in [2.75, 3.05) is 18.8 Å². The molecule has 0 unspecified atom stereocenters. The van der Waals surface area contributed by atoms with Gasteiger partial charge in [0, 0.05) is 11.6 Å². The van der Waals surface area contributed by atoms with Crippen LogP contribution in [0.2, 0.25) is 0 Å². The number of piperidine rings is 1. The number of phenolic OH excluding ortho intramolecular Hbond substituents is 1. The molecular weight excluding hydrogens is 366 g/mol. The fraction of sp³-hybridized carbons (Fsp3) is 0.273. The molecule has 0 bridgehead atoms. The lowest BCUT2D eigenvalue weighted by molar-refractivity contribution is 0.100. The number of hydrogen-bond acceptors (Lipinski definition) is 5. The number of phenols is 1. The molecule has 0 aliphatic carbocycles. The van der Waals surface area contributed by atoms with E-state index < -0.39 is 5.91 Å². The number of hydrogen-bond donors (Lipinski definition) is 4. The highest BCUT2D eigenvalue weighted by Gasteiger charge is 2.24. The first-order valence-electron chi connectivity index (χ1n) is 9.75. The predicted octanol–water partition coefficient (Wildman–Crippen LogP) is 2.70. The lowest BCUT2D eigenvalue weighted by Crippen LogP contribution is -2.26. The van der Waals surface area contributed by atoms with Crippen molar-refractivity contribution in [2.45, 2.75) is 25.7 Å². The Morgan fingerprint density at radius 2 is 1.97 bits per heavy atom. The summed E-state index contributed by atoms with van der Waals surface area (Å²) < 4.78 is 1.47. The third-order valence-electron chi connectivity index (χ3n) is 5.56. The number of aromatic nitrogens is 2. The number of aromatic hydroxyl groups is 1. The Hall–Kier alpha value is -3.32. The summed E-state index contributed by atoms with van der Waals surface area (Å²) in [6.45, 7) is 3.89. The number of nitrogens with two attached hydrogens (primary N) is 2. The van der Waals surface area contributed by atoms with E-state index in [9.17, 15) is 9.90 Å². The monoisotopic (exact) mass is 391 g/mol. The molecule has 3 aromatic rings. The molecule has 0 saturated carbocycles. The molecule has 1 amide bonds. The van der Waals surface area contributed by atoms with Crippen LogP contribution in [-0.4, -0.2) is 33.9 Å². The largest absolute Gasteiger partial charge is 0.508 e. The standard InChI is InChI=1S/C22H25N5O2/c1-13-5-6-17(28)12-18(13)27-21(23)19(22(24)29)20(26-27)16-4-2-3-15(11-16)14-7-9-25-10-8-14/h2-6,11-12,14,25,28H,7-10,23H2,1H3,(H2,24,29). The van der Waals surface area contributed by atoms with Gasteiger partial charge in [-0.25, -0.2) is 4.68 Å². The van der Waals surface area contributed by atoms with Crippen LogP contribution in [0.25, 0.3) is 16.9 Å². The van der Waals surface area contributed by atoms with Crippen LogP contribution in [0.15, 0.2) is 42.5 Å². The van der Waals surface area contributed by atoms with Crippen LogP contribution < -0.4 is 16.8 Å². The molecule has 1 aromatic heterocycles. The Balaban J connectivity index is 1.84. The average molecular weight is 391 g/mol. The molecule has 29 heavy (non-hydrogen) atoms. The Morgan fingerprint density at radius 1 is 1.21 bits per heavy atom. The van der Waals surface area contributed by atoms with E-state index in [0.717, 1.165) is 37.1 Å². The Morgan fingerprint density at radius 3 is 2.69 bits per heavy atom. The van der Waals surface area contributed by atoms with E-state index in [2.05, 4.69) is 22.5 Å². The van der Waals surface area contributed by atoms with Gasteiger partial charge in [0.05, 0.1) is 5.69 Å². The van der Waals surface area contributed by atoms with Gasteiger partial charge in [-0.15, -0.1) is 0 Å². The highest BCUT2D eigenvalue weighted by atomic mass is 16.3. The molecule has 6 N–H and O–H groups in total. The first-order valence-corrected chi connectivity index (χ1v) is 9.75. The second-order valence-corrected chi connectivity index (χ2v) is 7.51.